The first-order chi connectivity index (χ1) is 13.0. The predicted molar refractivity (Wildman–Crippen MR) is 102 cm³/mol. The lowest BCUT2D eigenvalue weighted by atomic mass is 9.98. The zero-order valence-electron chi connectivity index (χ0n) is 16.1. The third-order valence-electron chi connectivity index (χ3n) is 4.96. The summed E-state index contributed by atoms with van der Waals surface area (Å²) in [6.07, 6.45) is 1.79. The van der Waals surface area contributed by atoms with Crippen molar-refractivity contribution >= 4 is 11.8 Å². The Labute approximate surface area is 159 Å². The van der Waals surface area contributed by atoms with Crippen molar-refractivity contribution in [3.8, 4) is 5.75 Å². The molecular weight excluding hydrogens is 344 g/mol. The van der Waals surface area contributed by atoms with Crippen LogP contribution >= 0.6 is 0 Å². The molecule has 1 aromatic carbocycles. The van der Waals surface area contributed by atoms with Crippen LogP contribution in [0.2, 0.25) is 0 Å². The SMILES string of the molecule is COc1ccc(C(C)C)cc1CC(=O)N1CCN(C(=O)c2ccco2)CC1. The molecule has 1 aromatic heterocycles. The van der Waals surface area contributed by atoms with Gasteiger partial charge in [0.1, 0.15) is 5.75 Å². The normalized spacial score (nSPS) is 14.5. The van der Waals surface area contributed by atoms with Gasteiger partial charge < -0.3 is 19.0 Å². The maximum Gasteiger partial charge on any atom is 0.289 e. The minimum atomic E-state index is -0.126. The van der Waals surface area contributed by atoms with Gasteiger partial charge in [-0.05, 0) is 29.7 Å². The zero-order chi connectivity index (χ0) is 19.4. The van der Waals surface area contributed by atoms with Gasteiger partial charge in [-0.1, -0.05) is 26.0 Å². The molecule has 0 aliphatic carbocycles. The molecule has 2 aromatic rings. The Morgan fingerprint density at radius 1 is 1.11 bits per heavy atom. The fraction of sp³-hybridized carbons (Fsp3) is 0.429. The standard InChI is InChI=1S/C21H26N2O4/c1-15(2)16-6-7-18(26-3)17(13-16)14-20(24)22-8-10-23(11-9-22)21(25)19-5-4-12-27-19/h4-7,12-13,15H,8-11,14H2,1-3H3. The van der Waals surface area contributed by atoms with Crippen molar-refractivity contribution in [3.63, 3.8) is 0 Å². The summed E-state index contributed by atoms with van der Waals surface area (Å²) in [5.74, 6) is 1.39. The Balaban J connectivity index is 1.61. The van der Waals surface area contributed by atoms with E-state index in [1.807, 2.05) is 17.0 Å². The first-order valence-corrected chi connectivity index (χ1v) is 9.27. The Hall–Kier alpha value is -2.76. The van der Waals surface area contributed by atoms with Crippen molar-refractivity contribution in [2.24, 2.45) is 0 Å². The van der Waals surface area contributed by atoms with Crippen LogP contribution in [0.5, 0.6) is 5.75 Å². The average Bonchev–Trinajstić information content (AvgIpc) is 3.22. The van der Waals surface area contributed by atoms with Crippen LogP contribution in [0.15, 0.2) is 41.0 Å². The van der Waals surface area contributed by atoms with Crippen LogP contribution in [0.1, 0.15) is 41.4 Å². The van der Waals surface area contributed by atoms with E-state index in [1.54, 1.807) is 24.1 Å². The van der Waals surface area contributed by atoms with E-state index < -0.39 is 0 Å². The molecule has 0 saturated carbocycles. The highest BCUT2D eigenvalue weighted by atomic mass is 16.5. The summed E-state index contributed by atoms with van der Waals surface area (Å²) in [7, 11) is 1.62. The second kappa shape index (κ2) is 8.29. The van der Waals surface area contributed by atoms with E-state index in [1.165, 1.54) is 11.8 Å². The second-order valence-corrected chi connectivity index (χ2v) is 7.05. The summed E-state index contributed by atoms with van der Waals surface area (Å²) >= 11 is 0. The summed E-state index contributed by atoms with van der Waals surface area (Å²) in [5, 5.41) is 0. The maximum absolute atomic E-state index is 12.8. The number of furan rings is 1. The number of hydrogen-bond acceptors (Lipinski definition) is 4. The Bertz CT molecular complexity index is 791. The van der Waals surface area contributed by atoms with Gasteiger partial charge >= 0.3 is 0 Å². The quantitative estimate of drug-likeness (QED) is 0.812. The van der Waals surface area contributed by atoms with Crippen LogP contribution in [0.3, 0.4) is 0 Å². The summed E-state index contributed by atoms with van der Waals surface area (Å²) < 4.78 is 10.6. The molecule has 1 aliphatic heterocycles. The number of carbonyl (C=O) groups excluding carboxylic acids is 2. The van der Waals surface area contributed by atoms with Gasteiger partial charge in [0.25, 0.3) is 5.91 Å². The molecule has 6 heteroatoms. The van der Waals surface area contributed by atoms with Crippen LogP contribution in [0, 0.1) is 0 Å². The topological polar surface area (TPSA) is 63.0 Å². The van der Waals surface area contributed by atoms with Gasteiger partial charge in [0.2, 0.25) is 5.91 Å². The van der Waals surface area contributed by atoms with Gasteiger partial charge in [-0.3, -0.25) is 9.59 Å². The van der Waals surface area contributed by atoms with Crippen LogP contribution in [0.4, 0.5) is 0 Å². The van der Waals surface area contributed by atoms with Crippen LogP contribution < -0.4 is 4.74 Å². The first-order valence-electron chi connectivity index (χ1n) is 9.27. The number of nitrogens with zero attached hydrogens (tertiary/aromatic N) is 2. The first kappa shape index (κ1) is 19.0. The maximum atomic E-state index is 12.8. The summed E-state index contributed by atoms with van der Waals surface area (Å²) in [6, 6.07) is 9.38. The number of rotatable bonds is 5. The Morgan fingerprint density at radius 3 is 2.41 bits per heavy atom. The van der Waals surface area contributed by atoms with Gasteiger partial charge in [-0.25, -0.2) is 0 Å². The molecule has 1 aliphatic rings. The number of amides is 2. The molecule has 0 radical (unpaired) electrons. The highest BCUT2D eigenvalue weighted by molar-refractivity contribution is 5.91. The van der Waals surface area contributed by atoms with Gasteiger partial charge in [0, 0.05) is 31.7 Å². The van der Waals surface area contributed by atoms with Crippen molar-refractivity contribution in [1.82, 2.24) is 9.80 Å². The highest BCUT2D eigenvalue weighted by Crippen LogP contribution is 2.25. The average molecular weight is 370 g/mol. The molecule has 6 nitrogen and oxygen atoms in total. The van der Waals surface area contributed by atoms with Crippen molar-refractivity contribution < 1.29 is 18.7 Å². The molecule has 27 heavy (non-hydrogen) atoms. The second-order valence-electron chi connectivity index (χ2n) is 7.05. The van der Waals surface area contributed by atoms with E-state index >= 15 is 0 Å². The monoisotopic (exact) mass is 370 g/mol. The zero-order valence-corrected chi connectivity index (χ0v) is 16.1. The van der Waals surface area contributed by atoms with Crippen molar-refractivity contribution in [2.75, 3.05) is 33.3 Å². The van der Waals surface area contributed by atoms with Crippen LogP contribution in [-0.4, -0.2) is 54.9 Å². The Kier molecular flexibility index (Phi) is 5.84. The molecule has 0 N–H and O–H groups in total. The van der Waals surface area contributed by atoms with E-state index in [9.17, 15) is 9.59 Å². The highest BCUT2D eigenvalue weighted by Gasteiger charge is 2.26. The third kappa shape index (κ3) is 4.32. The molecule has 144 valence electrons. The van der Waals surface area contributed by atoms with Gasteiger partial charge in [0.15, 0.2) is 5.76 Å². The van der Waals surface area contributed by atoms with Crippen LogP contribution in [-0.2, 0) is 11.2 Å². The fourth-order valence-electron chi connectivity index (χ4n) is 3.29. The molecule has 3 rings (SSSR count). The van der Waals surface area contributed by atoms with E-state index in [2.05, 4.69) is 19.9 Å². The fourth-order valence-corrected chi connectivity index (χ4v) is 3.29. The van der Waals surface area contributed by atoms with Gasteiger partial charge in [-0.15, -0.1) is 0 Å². The van der Waals surface area contributed by atoms with E-state index in [-0.39, 0.29) is 11.8 Å². The largest absolute Gasteiger partial charge is 0.496 e. The van der Waals surface area contributed by atoms with Crippen molar-refractivity contribution in [1.29, 1.82) is 0 Å². The Morgan fingerprint density at radius 2 is 1.81 bits per heavy atom. The molecule has 0 spiro atoms. The summed E-state index contributed by atoms with van der Waals surface area (Å²) in [4.78, 5) is 28.6. The van der Waals surface area contributed by atoms with Crippen LogP contribution in [0.25, 0.3) is 0 Å². The molecule has 0 bridgehead atoms. The number of carbonyl (C=O) groups is 2. The smallest absolute Gasteiger partial charge is 0.289 e. The van der Waals surface area contributed by atoms with Crippen molar-refractivity contribution in [2.45, 2.75) is 26.2 Å². The lowest BCUT2D eigenvalue weighted by Gasteiger charge is -2.34. The van der Waals surface area contributed by atoms with E-state index in [4.69, 9.17) is 9.15 Å². The molecule has 2 heterocycles. The number of piperazine rings is 1. The lowest BCUT2D eigenvalue weighted by molar-refractivity contribution is -0.131. The number of methoxy groups -OCH3 is 1. The molecule has 1 saturated heterocycles. The number of ether oxygens (including phenoxy) is 1. The molecule has 0 unspecified atom stereocenters. The summed E-state index contributed by atoms with van der Waals surface area (Å²) in [5.41, 5.74) is 2.09. The minimum absolute atomic E-state index is 0.0549. The predicted octanol–water partition coefficient (Wildman–Crippen LogP) is 2.94. The summed E-state index contributed by atoms with van der Waals surface area (Å²) in [6.45, 7) is 6.32. The third-order valence-corrected chi connectivity index (χ3v) is 4.96. The van der Waals surface area contributed by atoms with Gasteiger partial charge in [0.05, 0.1) is 19.8 Å². The molecule has 0 atom stereocenters. The molecule has 2 amide bonds. The van der Waals surface area contributed by atoms with E-state index in [0.29, 0.717) is 44.3 Å². The number of benzene rings is 1. The van der Waals surface area contributed by atoms with Crippen molar-refractivity contribution in [3.05, 3.63) is 53.5 Å². The van der Waals surface area contributed by atoms with Gasteiger partial charge in [-0.2, -0.15) is 0 Å². The molecular formula is C21H26N2O4. The lowest BCUT2D eigenvalue weighted by Crippen LogP contribution is -2.50. The minimum Gasteiger partial charge on any atom is -0.496 e. The number of hydrogen-bond donors (Lipinski definition) is 0. The molecule has 1 fully saturated rings. The van der Waals surface area contributed by atoms with E-state index in [0.717, 1.165) is 11.3 Å².